The predicted molar refractivity (Wildman–Crippen MR) is 78.3 cm³/mol. The number of morpholine rings is 1. The number of likely N-dealkylation sites (N-methyl/N-ethyl adjacent to an activating group) is 1. The van der Waals surface area contributed by atoms with Gasteiger partial charge in [-0.25, -0.2) is 0 Å². The lowest BCUT2D eigenvalue weighted by Gasteiger charge is -2.28. The maximum atomic E-state index is 12.6. The van der Waals surface area contributed by atoms with Crippen molar-refractivity contribution < 1.29 is 32.5 Å². The van der Waals surface area contributed by atoms with Gasteiger partial charge in [0.05, 0.1) is 13.2 Å². The molecule has 2 heterocycles. The minimum atomic E-state index is -2.97. The molecule has 0 saturated carbocycles. The van der Waals surface area contributed by atoms with E-state index in [-0.39, 0.29) is 31.6 Å². The second-order valence-electron chi connectivity index (χ2n) is 5.47. The number of amides is 1. The Bertz CT molecular complexity index is 608. The fourth-order valence-corrected chi connectivity index (χ4v) is 2.62. The molecular weight excluding hydrogens is 326 g/mol. The van der Waals surface area contributed by atoms with Crippen LogP contribution in [0.15, 0.2) is 12.1 Å². The van der Waals surface area contributed by atoms with Crippen LogP contribution in [-0.2, 0) is 16.1 Å². The molecule has 1 amide bonds. The largest absolute Gasteiger partial charge is 0.454 e. The van der Waals surface area contributed by atoms with Crippen molar-refractivity contribution in [2.45, 2.75) is 19.2 Å². The van der Waals surface area contributed by atoms with E-state index in [9.17, 15) is 13.6 Å². The van der Waals surface area contributed by atoms with Crippen molar-refractivity contribution in [2.24, 2.45) is 0 Å². The number of rotatable bonds is 5. The second-order valence-corrected chi connectivity index (χ2v) is 5.47. The Morgan fingerprint density at radius 3 is 2.83 bits per heavy atom. The SMILES string of the molecule is CN(Cc1cc2c(cc1OC(F)F)OCO2)C(=O)C1COCCN1. The molecule has 0 aromatic heterocycles. The van der Waals surface area contributed by atoms with Gasteiger partial charge in [0.2, 0.25) is 12.7 Å². The van der Waals surface area contributed by atoms with Gasteiger partial charge in [0.15, 0.2) is 11.5 Å². The number of fused-ring (bicyclic) bond motifs is 1. The fraction of sp³-hybridized carbons (Fsp3) is 0.533. The molecule has 1 aromatic carbocycles. The van der Waals surface area contributed by atoms with Crippen molar-refractivity contribution >= 4 is 5.91 Å². The summed E-state index contributed by atoms with van der Waals surface area (Å²) in [5, 5.41) is 3.06. The Hall–Kier alpha value is -2.13. The maximum absolute atomic E-state index is 12.6. The van der Waals surface area contributed by atoms with E-state index in [4.69, 9.17) is 14.2 Å². The van der Waals surface area contributed by atoms with Gasteiger partial charge >= 0.3 is 6.61 Å². The van der Waals surface area contributed by atoms with Crippen molar-refractivity contribution in [1.82, 2.24) is 10.2 Å². The third-order valence-corrected chi connectivity index (χ3v) is 3.78. The number of hydrogen-bond donors (Lipinski definition) is 1. The van der Waals surface area contributed by atoms with Crippen molar-refractivity contribution in [2.75, 3.05) is 33.6 Å². The summed E-state index contributed by atoms with van der Waals surface area (Å²) in [6, 6.07) is 2.45. The average molecular weight is 344 g/mol. The number of ether oxygens (including phenoxy) is 4. The summed E-state index contributed by atoms with van der Waals surface area (Å²) in [6.07, 6.45) is 0. The standard InChI is InChI=1S/C15H18F2N2O5/c1-19(14(20)10-7-21-3-2-18-10)6-9-4-12-13(23-8-22-12)5-11(9)24-15(16)17/h4-5,10,15,18H,2-3,6-8H2,1H3. The van der Waals surface area contributed by atoms with Gasteiger partial charge in [0.1, 0.15) is 11.8 Å². The number of benzene rings is 1. The molecule has 0 radical (unpaired) electrons. The van der Waals surface area contributed by atoms with Gasteiger partial charge in [-0.2, -0.15) is 8.78 Å². The van der Waals surface area contributed by atoms with Crippen LogP contribution >= 0.6 is 0 Å². The number of carbonyl (C=O) groups excluding carboxylic acids is 1. The summed E-state index contributed by atoms with van der Waals surface area (Å²) < 4.78 is 45.5. The van der Waals surface area contributed by atoms with E-state index in [1.54, 1.807) is 13.1 Å². The molecule has 0 bridgehead atoms. The Balaban J connectivity index is 1.76. The number of halogens is 2. The molecule has 0 aliphatic carbocycles. The van der Waals surface area contributed by atoms with Crippen LogP contribution in [0.1, 0.15) is 5.56 Å². The van der Waals surface area contributed by atoms with Crippen LogP contribution in [0.25, 0.3) is 0 Å². The molecule has 1 aromatic rings. The van der Waals surface area contributed by atoms with Gasteiger partial charge < -0.3 is 29.2 Å². The molecule has 1 saturated heterocycles. The Morgan fingerprint density at radius 1 is 1.42 bits per heavy atom. The third kappa shape index (κ3) is 3.68. The molecule has 1 N–H and O–H groups in total. The highest BCUT2D eigenvalue weighted by Gasteiger charge is 2.26. The normalized spacial score (nSPS) is 19.4. The number of nitrogens with one attached hydrogen (secondary N) is 1. The molecule has 9 heteroatoms. The molecule has 132 valence electrons. The van der Waals surface area contributed by atoms with Crippen molar-refractivity contribution in [3.05, 3.63) is 17.7 Å². The van der Waals surface area contributed by atoms with Crippen LogP contribution < -0.4 is 19.5 Å². The summed E-state index contributed by atoms with van der Waals surface area (Å²) >= 11 is 0. The number of hydrogen-bond acceptors (Lipinski definition) is 6. The zero-order valence-electron chi connectivity index (χ0n) is 13.1. The summed E-state index contributed by atoms with van der Waals surface area (Å²) in [4.78, 5) is 13.8. The molecule has 0 spiro atoms. The van der Waals surface area contributed by atoms with Gasteiger partial charge in [0.25, 0.3) is 0 Å². The van der Waals surface area contributed by atoms with Crippen LogP contribution in [0, 0.1) is 0 Å². The summed E-state index contributed by atoms with van der Waals surface area (Å²) in [6.45, 7) is -1.43. The van der Waals surface area contributed by atoms with Crippen molar-refractivity contribution in [3.63, 3.8) is 0 Å². The smallest absolute Gasteiger partial charge is 0.387 e. The molecule has 1 atom stereocenters. The van der Waals surface area contributed by atoms with E-state index in [2.05, 4.69) is 10.1 Å². The first-order valence-electron chi connectivity index (χ1n) is 7.48. The highest BCUT2D eigenvalue weighted by molar-refractivity contribution is 5.82. The van der Waals surface area contributed by atoms with E-state index in [0.717, 1.165) is 0 Å². The molecule has 1 fully saturated rings. The lowest BCUT2D eigenvalue weighted by Crippen LogP contribution is -2.51. The van der Waals surface area contributed by atoms with Crippen LogP contribution in [0.5, 0.6) is 17.2 Å². The number of carbonyl (C=O) groups is 1. The van der Waals surface area contributed by atoms with E-state index in [1.165, 1.54) is 11.0 Å². The Morgan fingerprint density at radius 2 is 2.17 bits per heavy atom. The first-order valence-corrected chi connectivity index (χ1v) is 7.48. The first-order chi connectivity index (χ1) is 11.5. The summed E-state index contributed by atoms with van der Waals surface area (Å²) in [7, 11) is 1.59. The van der Waals surface area contributed by atoms with E-state index >= 15 is 0 Å². The molecular formula is C15H18F2N2O5. The van der Waals surface area contributed by atoms with Gasteiger partial charge in [-0.3, -0.25) is 4.79 Å². The van der Waals surface area contributed by atoms with Crippen molar-refractivity contribution in [3.8, 4) is 17.2 Å². The third-order valence-electron chi connectivity index (χ3n) is 3.78. The fourth-order valence-electron chi connectivity index (χ4n) is 2.62. The molecule has 7 nitrogen and oxygen atoms in total. The minimum Gasteiger partial charge on any atom is -0.454 e. The second kappa shape index (κ2) is 7.18. The van der Waals surface area contributed by atoms with Crippen molar-refractivity contribution in [1.29, 1.82) is 0 Å². The highest BCUT2D eigenvalue weighted by Crippen LogP contribution is 2.39. The van der Waals surface area contributed by atoms with Gasteiger partial charge in [-0.05, 0) is 6.07 Å². The van der Waals surface area contributed by atoms with E-state index < -0.39 is 12.7 Å². The average Bonchev–Trinajstić information content (AvgIpc) is 3.01. The van der Waals surface area contributed by atoms with Gasteiger partial charge in [0, 0.05) is 31.8 Å². The summed E-state index contributed by atoms with van der Waals surface area (Å²) in [5.74, 6) is 0.550. The van der Waals surface area contributed by atoms with E-state index in [0.29, 0.717) is 30.2 Å². The monoisotopic (exact) mass is 344 g/mol. The zero-order chi connectivity index (χ0) is 17.1. The minimum absolute atomic E-state index is 0.0189. The van der Waals surface area contributed by atoms with Crippen LogP contribution in [0.2, 0.25) is 0 Å². The molecule has 3 rings (SSSR count). The lowest BCUT2D eigenvalue weighted by atomic mass is 10.1. The molecule has 1 unspecified atom stereocenters. The first kappa shape index (κ1) is 16.7. The molecule has 2 aliphatic heterocycles. The topological polar surface area (TPSA) is 69.3 Å². The quantitative estimate of drug-likeness (QED) is 0.858. The molecule has 24 heavy (non-hydrogen) atoms. The lowest BCUT2D eigenvalue weighted by molar-refractivity contribution is -0.135. The Labute approximate surface area is 137 Å². The summed E-state index contributed by atoms with van der Waals surface area (Å²) in [5.41, 5.74) is 0.409. The van der Waals surface area contributed by atoms with Crippen LogP contribution in [0.3, 0.4) is 0 Å². The van der Waals surface area contributed by atoms with Crippen LogP contribution in [0.4, 0.5) is 8.78 Å². The maximum Gasteiger partial charge on any atom is 0.387 e. The zero-order valence-corrected chi connectivity index (χ0v) is 13.1. The van der Waals surface area contributed by atoms with Gasteiger partial charge in [-0.1, -0.05) is 0 Å². The van der Waals surface area contributed by atoms with Crippen LogP contribution in [-0.4, -0.2) is 57.1 Å². The number of alkyl halides is 2. The van der Waals surface area contributed by atoms with E-state index in [1.807, 2.05) is 0 Å². The molecule has 2 aliphatic rings. The highest BCUT2D eigenvalue weighted by atomic mass is 19.3. The Kier molecular flexibility index (Phi) is 5.00. The predicted octanol–water partition coefficient (Wildman–Crippen LogP) is 0.963. The van der Waals surface area contributed by atoms with Gasteiger partial charge in [-0.15, -0.1) is 0 Å². The number of nitrogens with zero attached hydrogens (tertiary/aromatic N) is 1.